The first kappa shape index (κ1) is 18.3. The van der Waals surface area contributed by atoms with Crippen LogP contribution < -0.4 is 0 Å². The quantitative estimate of drug-likeness (QED) is 0.423. The summed E-state index contributed by atoms with van der Waals surface area (Å²) in [7, 11) is 1.65. The maximum Gasteiger partial charge on any atom is 0.162 e. The maximum atomic E-state index is 11.9. The number of benzene rings is 1. The fourth-order valence-corrected chi connectivity index (χ4v) is 1.99. The monoisotopic (exact) mass is 358 g/mol. The summed E-state index contributed by atoms with van der Waals surface area (Å²) in [5.41, 5.74) is 0.754. The molecule has 0 atom stereocenters. The number of rotatable bonds is 12. The number of hydrogen-bond acceptors (Lipinski definition) is 4. The zero-order chi connectivity index (χ0) is 15.3. The van der Waals surface area contributed by atoms with E-state index in [1.54, 1.807) is 7.11 Å². The van der Waals surface area contributed by atoms with Crippen LogP contribution in [0.15, 0.2) is 28.7 Å². The molecule has 1 aromatic rings. The molecule has 0 saturated carbocycles. The van der Waals surface area contributed by atoms with E-state index in [2.05, 4.69) is 15.9 Å². The van der Waals surface area contributed by atoms with Crippen LogP contribution in [0.1, 0.15) is 29.6 Å². The third-order valence-electron chi connectivity index (χ3n) is 2.87. The van der Waals surface area contributed by atoms with Crippen LogP contribution in [0.4, 0.5) is 0 Å². The molecule has 0 unspecified atom stereocenters. The van der Waals surface area contributed by atoms with Gasteiger partial charge in [-0.05, 0) is 25.0 Å². The molecule has 0 amide bonds. The topological polar surface area (TPSA) is 44.8 Å². The second-order valence-electron chi connectivity index (χ2n) is 4.60. The van der Waals surface area contributed by atoms with Gasteiger partial charge in [0.2, 0.25) is 0 Å². The molecule has 0 fully saturated rings. The number of halogens is 1. The van der Waals surface area contributed by atoms with Crippen molar-refractivity contribution in [2.75, 3.05) is 40.1 Å². The molecule has 0 aromatic heterocycles. The summed E-state index contributed by atoms with van der Waals surface area (Å²) >= 11 is 3.35. The van der Waals surface area contributed by atoms with Crippen molar-refractivity contribution in [1.82, 2.24) is 0 Å². The molecule has 4 nitrogen and oxygen atoms in total. The zero-order valence-corrected chi connectivity index (χ0v) is 14.1. The van der Waals surface area contributed by atoms with Crippen molar-refractivity contribution in [2.45, 2.75) is 19.3 Å². The highest BCUT2D eigenvalue weighted by Crippen LogP contribution is 2.12. The van der Waals surface area contributed by atoms with Gasteiger partial charge in [-0.15, -0.1) is 0 Å². The molecule has 0 bridgehead atoms. The maximum absolute atomic E-state index is 11.9. The number of carbonyl (C=O) groups is 1. The van der Waals surface area contributed by atoms with E-state index in [-0.39, 0.29) is 5.78 Å². The van der Waals surface area contributed by atoms with Crippen molar-refractivity contribution in [1.29, 1.82) is 0 Å². The van der Waals surface area contributed by atoms with E-state index >= 15 is 0 Å². The minimum absolute atomic E-state index is 0.161. The van der Waals surface area contributed by atoms with E-state index in [1.807, 2.05) is 24.3 Å². The molecule has 0 aliphatic carbocycles. The van der Waals surface area contributed by atoms with Crippen molar-refractivity contribution in [3.63, 3.8) is 0 Å². The Hall–Kier alpha value is -0.750. The summed E-state index contributed by atoms with van der Waals surface area (Å²) in [6, 6.07) is 7.44. The Morgan fingerprint density at radius 2 is 1.57 bits per heavy atom. The van der Waals surface area contributed by atoms with Gasteiger partial charge < -0.3 is 14.2 Å². The number of methoxy groups -OCH3 is 1. The molecule has 0 N–H and O–H groups in total. The van der Waals surface area contributed by atoms with Gasteiger partial charge in [0.1, 0.15) is 0 Å². The Kier molecular flexibility index (Phi) is 10.3. The van der Waals surface area contributed by atoms with Crippen molar-refractivity contribution >= 4 is 21.7 Å². The molecule has 0 aliphatic heterocycles. The summed E-state index contributed by atoms with van der Waals surface area (Å²) in [5.74, 6) is 0.161. The molecule has 21 heavy (non-hydrogen) atoms. The number of ether oxygens (including phenoxy) is 3. The normalized spacial score (nSPS) is 10.8. The lowest BCUT2D eigenvalue weighted by Gasteiger charge is -2.05. The molecule has 0 saturated heterocycles. The second kappa shape index (κ2) is 11.9. The Labute approximate surface area is 134 Å². The fraction of sp³-hybridized carbons (Fsp3) is 0.562. The van der Waals surface area contributed by atoms with Crippen LogP contribution in [0.5, 0.6) is 0 Å². The Bertz CT molecular complexity index is 392. The SMILES string of the molecule is COCCOCCCOCCCC(=O)c1ccc(Br)cc1. The molecule has 0 heterocycles. The highest BCUT2D eigenvalue weighted by atomic mass is 79.9. The lowest BCUT2D eigenvalue weighted by molar-refractivity contribution is 0.0506. The lowest BCUT2D eigenvalue weighted by Crippen LogP contribution is -2.07. The summed E-state index contributed by atoms with van der Waals surface area (Å²) in [4.78, 5) is 11.9. The Morgan fingerprint density at radius 1 is 0.952 bits per heavy atom. The van der Waals surface area contributed by atoms with E-state index in [4.69, 9.17) is 14.2 Å². The van der Waals surface area contributed by atoms with E-state index in [1.165, 1.54) is 0 Å². The Morgan fingerprint density at radius 3 is 2.24 bits per heavy atom. The first-order valence-electron chi connectivity index (χ1n) is 7.17. The van der Waals surface area contributed by atoms with Crippen molar-refractivity contribution < 1.29 is 19.0 Å². The highest BCUT2D eigenvalue weighted by Gasteiger charge is 2.05. The summed E-state index contributed by atoms with van der Waals surface area (Å²) < 4.78 is 16.7. The predicted molar refractivity (Wildman–Crippen MR) is 85.8 cm³/mol. The van der Waals surface area contributed by atoms with E-state index in [9.17, 15) is 4.79 Å². The van der Waals surface area contributed by atoms with Gasteiger partial charge in [-0.2, -0.15) is 0 Å². The molecule has 0 aliphatic rings. The van der Waals surface area contributed by atoms with Gasteiger partial charge in [0, 0.05) is 43.4 Å². The average Bonchev–Trinajstić information content (AvgIpc) is 2.49. The number of Topliss-reactive ketones (excluding diaryl/α,β-unsaturated/α-hetero) is 1. The van der Waals surface area contributed by atoms with Crippen molar-refractivity contribution in [3.8, 4) is 0 Å². The second-order valence-corrected chi connectivity index (χ2v) is 5.52. The van der Waals surface area contributed by atoms with Gasteiger partial charge in [-0.3, -0.25) is 4.79 Å². The van der Waals surface area contributed by atoms with E-state index in [0.717, 1.165) is 22.9 Å². The molecule has 0 radical (unpaired) electrons. The molecule has 118 valence electrons. The molecular formula is C16H23BrO4. The van der Waals surface area contributed by atoms with Gasteiger partial charge in [0.25, 0.3) is 0 Å². The van der Waals surface area contributed by atoms with Crippen LogP contribution in [0.2, 0.25) is 0 Å². The summed E-state index contributed by atoms with van der Waals surface area (Å²) in [5, 5.41) is 0. The fourth-order valence-electron chi connectivity index (χ4n) is 1.72. The molecular weight excluding hydrogens is 336 g/mol. The lowest BCUT2D eigenvalue weighted by atomic mass is 10.1. The molecule has 1 rings (SSSR count). The zero-order valence-electron chi connectivity index (χ0n) is 12.5. The number of carbonyl (C=O) groups excluding carboxylic acids is 1. The number of hydrogen-bond donors (Lipinski definition) is 0. The predicted octanol–water partition coefficient (Wildman–Crippen LogP) is 3.48. The smallest absolute Gasteiger partial charge is 0.162 e. The first-order valence-corrected chi connectivity index (χ1v) is 7.96. The molecule has 0 spiro atoms. The molecule has 1 aromatic carbocycles. The van der Waals surface area contributed by atoms with Gasteiger partial charge in [0.15, 0.2) is 5.78 Å². The van der Waals surface area contributed by atoms with Crippen LogP contribution in [-0.4, -0.2) is 45.9 Å². The van der Waals surface area contributed by atoms with Gasteiger partial charge in [-0.1, -0.05) is 28.1 Å². The summed E-state index contributed by atoms with van der Waals surface area (Å²) in [6.07, 6.45) is 2.13. The third-order valence-corrected chi connectivity index (χ3v) is 3.40. The average molecular weight is 359 g/mol. The minimum Gasteiger partial charge on any atom is -0.382 e. The van der Waals surface area contributed by atoms with E-state index in [0.29, 0.717) is 39.5 Å². The molecule has 5 heteroatoms. The third kappa shape index (κ3) is 8.98. The van der Waals surface area contributed by atoms with Crippen molar-refractivity contribution in [3.05, 3.63) is 34.3 Å². The van der Waals surface area contributed by atoms with Crippen LogP contribution in [0, 0.1) is 0 Å². The Balaban J connectivity index is 1.96. The summed E-state index contributed by atoms with van der Waals surface area (Å²) in [6.45, 7) is 3.21. The van der Waals surface area contributed by atoms with Crippen LogP contribution in [0.3, 0.4) is 0 Å². The first-order chi connectivity index (χ1) is 10.2. The largest absolute Gasteiger partial charge is 0.382 e. The van der Waals surface area contributed by atoms with E-state index < -0.39 is 0 Å². The van der Waals surface area contributed by atoms with Gasteiger partial charge in [-0.25, -0.2) is 0 Å². The van der Waals surface area contributed by atoms with Gasteiger partial charge in [0.05, 0.1) is 13.2 Å². The van der Waals surface area contributed by atoms with Crippen LogP contribution in [-0.2, 0) is 14.2 Å². The highest BCUT2D eigenvalue weighted by molar-refractivity contribution is 9.10. The van der Waals surface area contributed by atoms with Gasteiger partial charge >= 0.3 is 0 Å². The van der Waals surface area contributed by atoms with Crippen LogP contribution in [0.25, 0.3) is 0 Å². The van der Waals surface area contributed by atoms with Crippen LogP contribution >= 0.6 is 15.9 Å². The number of ketones is 1. The van der Waals surface area contributed by atoms with Crippen molar-refractivity contribution in [2.24, 2.45) is 0 Å². The standard InChI is InChI=1S/C16H23BrO4/c1-19-12-13-21-11-3-10-20-9-2-4-16(18)14-5-7-15(17)8-6-14/h5-8H,2-4,9-13H2,1H3. The minimum atomic E-state index is 0.161.